The highest BCUT2D eigenvalue weighted by Crippen LogP contribution is 2.56. The van der Waals surface area contributed by atoms with Crippen molar-refractivity contribution in [2.75, 3.05) is 11.9 Å². The molecule has 4 aromatic rings. The van der Waals surface area contributed by atoms with Crippen molar-refractivity contribution in [2.24, 2.45) is 11.1 Å². The number of amides is 1. The molecule has 1 aromatic carbocycles. The molecule has 2 atom stereocenters. The number of benzene rings is 1. The van der Waals surface area contributed by atoms with Gasteiger partial charge in [-0.2, -0.15) is 5.10 Å². The number of carbonyl (C=O) groups excluding carboxylic acids is 1. The zero-order valence-corrected chi connectivity index (χ0v) is 22.7. The summed E-state index contributed by atoms with van der Waals surface area (Å²) in [6.45, 7) is 8.45. The third-order valence-corrected chi connectivity index (χ3v) is 8.06. The van der Waals surface area contributed by atoms with Gasteiger partial charge in [0.25, 0.3) is 0 Å². The van der Waals surface area contributed by atoms with Gasteiger partial charge in [-0.1, -0.05) is 26.8 Å². The molecular formula is C29H30F2N8O. The Bertz CT molecular complexity index is 1560. The number of anilines is 1. The first-order chi connectivity index (χ1) is 19.0. The highest BCUT2D eigenvalue weighted by atomic mass is 19.1. The molecule has 40 heavy (non-hydrogen) atoms. The lowest BCUT2D eigenvalue weighted by Crippen LogP contribution is -2.47. The van der Waals surface area contributed by atoms with Crippen LogP contribution in [0.3, 0.4) is 0 Å². The molecule has 0 unspecified atom stereocenters. The van der Waals surface area contributed by atoms with E-state index in [2.05, 4.69) is 58.2 Å². The van der Waals surface area contributed by atoms with Crippen molar-refractivity contribution in [3.8, 4) is 22.6 Å². The average molecular weight is 545 g/mol. The number of nitrogens with two attached hydrogens (primary N) is 1. The Kier molecular flexibility index (Phi) is 6.99. The lowest BCUT2D eigenvalue weighted by molar-refractivity contribution is -0.116. The smallest absolute Gasteiger partial charge is 0.236 e. The van der Waals surface area contributed by atoms with Crippen LogP contribution in [-0.2, 0) is 10.2 Å². The van der Waals surface area contributed by atoms with E-state index in [4.69, 9.17) is 10.7 Å². The molecule has 11 heteroatoms. The second-order valence-electron chi connectivity index (χ2n) is 10.8. The number of primary amides is 1. The van der Waals surface area contributed by atoms with Crippen LogP contribution in [0.5, 0.6) is 0 Å². The SMILES string of the molecule is CC[C@@H]1CC(C)(C)[C@@](C)(c2ccnc(-c3cnc(NCC(N)=O)nc3)n2)c2nnc(-c3c(F)cccc3F)cc21. The highest BCUT2D eigenvalue weighted by molar-refractivity contribution is 5.78. The van der Waals surface area contributed by atoms with E-state index in [1.165, 1.54) is 18.2 Å². The van der Waals surface area contributed by atoms with Crippen molar-refractivity contribution >= 4 is 11.9 Å². The Hall–Kier alpha value is -4.41. The Balaban J connectivity index is 1.60. The lowest BCUT2D eigenvalue weighted by atomic mass is 9.54. The second-order valence-corrected chi connectivity index (χ2v) is 10.8. The molecule has 1 aliphatic rings. The van der Waals surface area contributed by atoms with E-state index in [1.807, 2.05) is 6.07 Å². The van der Waals surface area contributed by atoms with E-state index >= 15 is 0 Å². The van der Waals surface area contributed by atoms with Crippen molar-refractivity contribution in [1.82, 2.24) is 30.1 Å². The Morgan fingerprint density at radius 2 is 1.77 bits per heavy atom. The summed E-state index contributed by atoms with van der Waals surface area (Å²) in [5.41, 5.74) is 7.10. The zero-order chi connectivity index (χ0) is 28.7. The van der Waals surface area contributed by atoms with Gasteiger partial charge >= 0.3 is 0 Å². The molecule has 0 spiro atoms. The van der Waals surface area contributed by atoms with Crippen LogP contribution in [0.15, 0.2) is 48.9 Å². The molecule has 1 amide bonds. The van der Waals surface area contributed by atoms with Crippen LogP contribution < -0.4 is 11.1 Å². The molecule has 1 aliphatic carbocycles. The summed E-state index contributed by atoms with van der Waals surface area (Å²) >= 11 is 0. The van der Waals surface area contributed by atoms with Crippen LogP contribution in [0, 0.1) is 17.0 Å². The summed E-state index contributed by atoms with van der Waals surface area (Å²) in [6.07, 6.45) is 6.46. The second kappa shape index (κ2) is 10.3. The van der Waals surface area contributed by atoms with Crippen LogP contribution in [0.2, 0.25) is 0 Å². The van der Waals surface area contributed by atoms with Gasteiger partial charge in [0.15, 0.2) is 5.82 Å². The van der Waals surface area contributed by atoms with Crippen LogP contribution in [0.4, 0.5) is 14.7 Å². The number of hydrogen-bond donors (Lipinski definition) is 2. The first kappa shape index (κ1) is 27.2. The molecular weight excluding hydrogens is 514 g/mol. The first-order valence-corrected chi connectivity index (χ1v) is 13.1. The predicted molar refractivity (Wildman–Crippen MR) is 146 cm³/mol. The summed E-state index contributed by atoms with van der Waals surface area (Å²) in [5, 5.41) is 11.7. The van der Waals surface area contributed by atoms with Gasteiger partial charge in [-0.15, -0.1) is 5.10 Å². The number of nitrogens with zero attached hydrogens (tertiary/aromatic N) is 6. The summed E-state index contributed by atoms with van der Waals surface area (Å²) in [6, 6.07) is 7.40. The molecule has 0 saturated heterocycles. The Labute approximate surface area is 230 Å². The van der Waals surface area contributed by atoms with Crippen molar-refractivity contribution in [2.45, 2.75) is 51.9 Å². The number of hydrogen-bond acceptors (Lipinski definition) is 8. The fourth-order valence-corrected chi connectivity index (χ4v) is 5.53. The van der Waals surface area contributed by atoms with Gasteiger partial charge in [0.2, 0.25) is 11.9 Å². The summed E-state index contributed by atoms with van der Waals surface area (Å²) in [7, 11) is 0. The van der Waals surface area contributed by atoms with Gasteiger partial charge in [0, 0.05) is 18.6 Å². The minimum Gasteiger partial charge on any atom is -0.368 e. The number of fused-ring (bicyclic) bond motifs is 1. The fourth-order valence-electron chi connectivity index (χ4n) is 5.53. The fraction of sp³-hybridized carbons (Fsp3) is 0.345. The minimum atomic E-state index is -0.700. The van der Waals surface area contributed by atoms with Crippen molar-refractivity contribution in [3.63, 3.8) is 0 Å². The molecule has 0 fully saturated rings. The number of aromatic nitrogens is 6. The standard InChI is InChI=1S/C29H30F2N8O/c1-5-16-12-28(2,3)29(4,25-18(16)11-21(38-39-25)24-19(30)7-6-8-20(24)31)22-9-10-33-26(37-22)17-13-34-27(35-14-17)36-15-23(32)40/h6-11,13-14,16H,5,12,15H2,1-4H3,(H2,32,40)(H,34,35,36)/t16-,29+/m1/s1. The van der Waals surface area contributed by atoms with Gasteiger partial charge in [-0.25, -0.2) is 28.7 Å². The van der Waals surface area contributed by atoms with Crippen LogP contribution in [0.1, 0.15) is 63.4 Å². The Morgan fingerprint density at radius 1 is 1.07 bits per heavy atom. The summed E-state index contributed by atoms with van der Waals surface area (Å²) < 4.78 is 29.3. The van der Waals surface area contributed by atoms with Gasteiger partial charge in [-0.3, -0.25) is 4.79 Å². The predicted octanol–water partition coefficient (Wildman–Crippen LogP) is 4.80. The van der Waals surface area contributed by atoms with E-state index in [0.717, 1.165) is 29.8 Å². The zero-order valence-electron chi connectivity index (χ0n) is 22.7. The molecule has 0 bridgehead atoms. The van der Waals surface area contributed by atoms with Gasteiger partial charge in [0.1, 0.15) is 11.6 Å². The van der Waals surface area contributed by atoms with Crippen molar-refractivity contribution in [1.29, 1.82) is 0 Å². The van der Waals surface area contributed by atoms with E-state index < -0.39 is 23.0 Å². The van der Waals surface area contributed by atoms with Crippen LogP contribution in [0.25, 0.3) is 22.6 Å². The molecule has 0 radical (unpaired) electrons. The maximum Gasteiger partial charge on any atom is 0.236 e. The van der Waals surface area contributed by atoms with Gasteiger partial charge in [0.05, 0.1) is 40.2 Å². The van der Waals surface area contributed by atoms with E-state index in [9.17, 15) is 13.6 Å². The normalized spacial score (nSPS) is 19.6. The highest BCUT2D eigenvalue weighted by Gasteiger charge is 2.52. The summed E-state index contributed by atoms with van der Waals surface area (Å²) in [5.74, 6) is -1.08. The molecule has 3 aromatic heterocycles. The number of carbonyl (C=O) groups is 1. The Morgan fingerprint density at radius 3 is 2.42 bits per heavy atom. The quantitative estimate of drug-likeness (QED) is 0.339. The molecule has 5 rings (SSSR count). The third-order valence-electron chi connectivity index (χ3n) is 8.06. The van der Waals surface area contributed by atoms with Crippen LogP contribution in [-0.4, -0.2) is 42.6 Å². The molecule has 0 aliphatic heterocycles. The van der Waals surface area contributed by atoms with E-state index in [1.54, 1.807) is 24.7 Å². The largest absolute Gasteiger partial charge is 0.368 e. The topological polar surface area (TPSA) is 132 Å². The van der Waals surface area contributed by atoms with Crippen molar-refractivity contribution < 1.29 is 13.6 Å². The van der Waals surface area contributed by atoms with Crippen LogP contribution >= 0.6 is 0 Å². The number of nitrogens with one attached hydrogen (secondary N) is 1. The monoisotopic (exact) mass is 544 g/mol. The maximum absolute atomic E-state index is 14.6. The average Bonchev–Trinajstić information content (AvgIpc) is 2.94. The number of halogens is 2. The molecule has 0 saturated carbocycles. The molecule has 206 valence electrons. The summed E-state index contributed by atoms with van der Waals surface area (Å²) in [4.78, 5) is 28.8. The molecule has 3 heterocycles. The molecule has 9 nitrogen and oxygen atoms in total. The maximum atomic E-state index is 14.6. The lowest BCUT2D eigenvalue weighted by Gasteiger charge is -2.50. The van der Waals surface area contributed by atoms with Crippen molar-refractivity contribution in [3.05, 3.63) is 77.5 Å². The molecule has 3 N–H and O–H groups in total. The van der Waals surface area contributed by atoms with E-state index in [-0.39, 0.29) is 35.1 Å². The first-order valence-electron chi connectivity index (χ1n) is 13.1. The van der Waals surface area contributed by atoms with Gasteiger partial charge < -0.3 is 11.1 Å². The minimum absolute atomic E-state index is 0.0801. The number of rotatable bonds is 7. The van der Waals surface area contributed by atoms with E-state index in [0.29, 0.717) is 11.4 Å². The van der Waals surface area contributed by atoms with Gasteiger partial charge in [-0.05, 0) is 60.9 Å². The third kappa shape index (κ3) is 4.65.